The number of nitrogen functional groups attached to an aromatic ring is 1. The number of aliphatic carboxylic acids is 2. The van der Waals surface area contributed by atoms with Crippen molar-refractivity contribution in [2.75, 3.05) is 23.8 Å². The fourth-order valence-electron chi connectivity index (χ4n) is 4.25. The smallest absolute Gasteiger partial charge is 0.352 e. The van der Waals surface area contributed by atoms with E-state index in [2.05, 4.69) is 24.8 Å². The van der Waals surface area contributed by atoms with Crippen LogP contribution in [0.1, 0.15) is 45.9 Å². The lowest BCUT2D eigenvalue weighted by Gasteiger charge is -2.49. The number of amidine groups is 2. The van der Waals surface area contributed by atoms with Crippen molar-refractivity contribution in [3.63, 3.8) is 0 Å². The van der Waals surface area contributed by atoms with Gasteiger partial charge < -0.3 is 36.7 Å². The highest BCUT2D eigenvalue weighted by molar-refractivity contribution is 8.14. The lowest BCUT2D eigenvalue weighted by Crippen LogP contribution is -2.71. The molecule has 4 heterocycles. The summed E-state index contributed by atoms with van der Waals surface area (Å²) in [5.41, 5.74) is 9.90. The maximum atomic E-state index is 13.2. The molecule has 3 aliphatic heterocycles. The van der Waals surface area contributed by atoms with Gasteiger partial charge in [-0.25, -0.2) is 14.6 Å². The van der Waals surface area contributed by atoms with Gasteiger partial charge in [0, 0.05) is 36.0 Å². The summed E-state index contributed by atoms with van der Waals surface area (Å²) in [4.78, 5) is 66.6. The molecular weight excluding hydrogens is 637 g/mol. The van der Waals surface area contributed by atoms with Crippen molar-refractivity contribution in [1.82, 2.24) is 24.5 Å². The Balaban J connectivity index is 1.51. The Labute approximate surface area is 264 Å². The van der Waals surface area contributed by atoms with Crippen molar-refractivity contribution < 1.29 is 34.2 Å². The van der Waals surface area contributed by atoms with Crippen molar-refractivity contribution in [1.29, 1.82) is 5.41 Å². The van der Waals surface area contributed by atoms with Gasteiger partial charge in [-0.15, -0.1) is 11.8 Å². The molecule has 8 N–H and O–H groups in total. The number of carbonyl (C=O) groups excluding carboxylic acids is 2. The highest BCUT2D eigenvalue weighted by Crippen LogP contribution is 2.41. The van der Waals surface area contributed by atoms with E-state index in [-0.39, 0.29) is 34.0 Å². The second kappa shape index (κ2) is 13.5. The maximum absolute atomic E-state index is 13.2. The van der Waals surface area contributed by atoms with Crippen LogP contribution in [0.5, 0.6) is 0 Å². The number of nitrogens with two attached hydrogens (primary N) is 2. The van der Waals surface area contributed by atoms with Crippen molar-refractivity contribution >= 4 is 80.7 Å². The highest BCUT2D eigenvalue weighted by atomic mass is 32.2. The number of rotatable bonds is 12. The van der Waals surface area contributed by atoms with Crippen LogP contribution in [0.15, 0.2) is 21.4 Å². The monoisotopic (exact) mass is 668 g/mol. The number of hydrogen-bond donors (Lipinski definition) is 6. The van der Waals surface area contributed by atoms with Crippen LogP contribution in [-0.2, 0) is 24.0 Å². The summed E-state index contributed by atoms with van der Waals surface area (Å²) < 4.78 is 3.93. The fraction of sp³-hybridized carbons (Fsp3) is 0.542. The number of nitrogens with zero attached hydrogens (tertiary/aromatic N) is 6. The van der Waals surface area contributed by atoms with Gasteiger partial charge in [-0.2, -0.15) is 9.36 Å². The van der Waals surface area contributed by atoms with Gasteiger partial charge in [0.25, 0.3) is 11.8 Å². The van der Waals surface area contributed by atoms with Gasteiger partial charge in [0.1, 0.15) is 22.9 Å². The average molecular weight is 669 g/mol. The van der Waals surface area contributed by atoms with E-state index in [1.807, 2.05) is 11.8 Å². The van der Waals surface area contributed by atoms with E-state index < -0.39 is 52.6 Å². The predicted octanol–water partition coefficient (Wildman–Crippen LogP) is 0.300. The molecule has 0 aliphatic carbocycles. The molecule has 0 bridgehead atoms. The van der Waals surface area contributed by atoms with Crippen LogP contribution in [0.2, 0.25) is 0 Å². The number of β-lactam (4-membered cyclic amide) rings is 1. The minimum atomic E-state index is -1.80. The predicted molar refractivity (Wildman–Crippen MR) is 165 cm³/mol. The molecule has 0 radical (unpaired) electrons. The number of fused-ring (bicyclic) bond motifs is 1. The summed E-state index contributed by atoms with van der Waals surface area (Å²) in [5, 5.41) is 33.4. The Kier molecular flexibility index (Phi) is 10.2. The number of amides is 2. The molecule has 1 aromatic rings. The number of oxime groups is 1. The van der Waals surface area contributed by atoms with Crippen LogP contribution in [0.4, 0.5) is 5.13 Å². The lowest BCUT2D eigenvalue weighted by molar-refractivity contribution is -0.161. The van der Waals surface area contributed by atoms with Crippen molar-refractivity contribution in [3.05, 3.63) is 17.1 Å². The summed E-state index contributed by atoms with van der Waals surface area (Å²) in [6.07, 6.45) is 1.72. The van der Waals surface area contributed by atoms with Crippen LogP contribution >= 0.6 is 35.1 Å². The van der Waals surface area contributed by atoms with E-state index in [4.69, 9.17) is 21.7 Å². The summed E-state index contributed by atoms with van der Waals surface area (Å²) in [6.45, 7) is 5.15. The van der Waals surface area contributed by atoms with Crippen LogP contribution in [0, 0.1) is 5.41 Å². The zero-order valence-electron chi connectivity index (χ0n) is 24.0. The highest BCUT2D eigenvalue weighted by Gasteiger charge is 2.54. The average Bonchev–Trinajstić information content (AvgIpc) is 3.38. The van der Waals surface area contributed by atoms with Gasteiger partial charge in [0.2, 0.25) is 17.1 Å². The van der Waals surface area contributed by atoms with Gasteiger partial charge in [0.05, 0.1) is 6.17 Å². The topological polar surface area (TPSA) is 263 Å². The third-order valence-corrected chi connectivity index (χ3v) is 9.65. The second-order valence-electron chi connectivity index (χ2n) is 10.4. The molecule has 4 rings (SSSR count). The number of unbranched alkanes of at least 4 members (excludes halogenated alkanes) is 1. The molecule has 44 heavy (non-hydrogen) atoms. The molecule has 0 aromatic carbocycles. The number of hydrogen-bond acceptors (Lipinski definition) is 15. The van der Waals surface area contributed by atoms with E-state index in [0.717, 1.165) is 29.3 Å². The number of nitrogens with one attached hydrogen (secondary N) is 2. The third-order valence-electron chi connectivity index (χ3n) is 6.69. The number of aromatic nitrogens is 2. The summed E-state index contributed by atoms with van der Waals surface area (Å²) in [5.74, 6) is -3.87. The summed E-state index contributed by atoms with van der Waals surface area (Å²) >= 11 is 3.30. The quantitative estimate of drug-likeness (QED) is 0.0994. The van der Waals surface area contributed by atoms with E-state index in [0.29, 0.717) is 23.7 Å². The first-order valence-electron chi connectivity index (χ1n) is 13.4. The van der Waals surface area contributed by atoms with Crippen LogP contribution in [-0.4, -0.2) is 111 Å². The maximum Gasteiger partial charge on any atom is 0.352 e. The first-order chi connectivity index (χ1) is 20.7. The Hall–Kier alpha value is -3.75. The SMILES string of the molecule is CCCCN1C(SCC2=C(C(=O)O)N3C(=O)C(NC(=O)C(=NOC(C)(C)C(=O)O)c4nsc(N)n4)[C@@H]3SC2)=NC(=N)CC1N. The fourth-order valence-corrected chi connectivity index (χ4v) is 7.27. The minimum Gasteiger partial charge on any atom is -0.478 e. The number of carboxylic acids is 2. The molecule has 20 heteroatoms. The number of anilines is 1. The molecule has 1 saturated heterocycles. The normalized spacial score (nSPS) is 22.3. The van der Waals surface area contributed by atoms with Crippen molar-refractivity contribution in [2.24, 2.45) is 15.9 Å². The van der Waals surface area contributed by atoms with Crippen LogP contribution in [0.3, 0.4) is 0 Å². The second-order valence-corrected chi connectivity index (χ2v) is 13.2. The molecule has 3 atom stereocenters. The lowest BCUT2D eigenvalue weighted by atomic mass is 10.0. The summed E-state index contributed by atoms with van der Waals surface area (Å²) in [7, 11) is 0. The zero-order chi connectivity index (χ0) is 32.3. The van der Waals surface area contributed by atoms with E-state index in [1.165, 1.54) is 37.4 Å². The minimum absolute atomic E-state index is 0.0138. The molecule has 2 unspecified atom stereocenters. The first kappa shape index (κ1) is 33.1. The molecule has 1 fully saturated rings. The number of aliphatic imine (C=N–C) groups is 1. The third kappa shape index (κ3) is 6.97. The number of carboxylic acid groups (broad SMARTS) is 2. The van der Waals surface area contributed by atoms with Crippen molar-refractivity contribution in [2.45, 2.75) is 63.2 Å². The van der Waals surface area contributed by atoms with E-state index in [9.17, 15) is 29.4 Å². The Morgan fingerprint density at radius 1 is 1.32 bits per heavy atom. The molecule has 0 spiro atoms. The Morgan fingerprint density at radius 2 is 2.05 bits per heavy atom. The Bertz CT molecular complexity index is 1460. The van der Waals surface area contributed by atoms with Gasteiger partial charge in [-0.1, -0.05) is 30.3 Å². The standard InChI is InChI=1S/C24H32N10O7S3/c1-4-5-6-33-12(26)7-11(25)28-23(33)43-9-10-8-42-19-14(18(36)34(19)15(10)20(37)38)29-17(35)13(16-30-22(27)44-32-16)31-41-24(2,3)21(39)40/h12,14,19,25H,4-9,26H2,1-3H3,(H,29,35)(H,37,38)(H,39,40)(H2,27,30,32)/t12?,14?,19-/m0/s1. The molecule has 0 saturated carbocycles. The molecule has 1 aromatic heterocycles. The molecule has 3 aliphatic rings. The van der Waals surface area contributed by atoms with Gasteiger partial charge in [0.15, 0.2) is 10.3 Å². The van der Waals surface area contributed by atoms with Crippen LogP contribution in [0.25, 0.3) is 0 Å². The molecular formula is C24H32N10O7S3. The molecule has 238 valence electrons. The largest absolute Gasteiger partial charge is 0.478 e. The molecule has 17 nitrogen and oxygen atoms in total. The van der Waals surface area contributed by atoms with Gasteiger partial charge in [-0.05, 0) is 25.8 Å². The molecule has 2 amide bonds. The summed E-state index contributed by atoms with van der Waals surface area (Å²) in [6, 6.07) is -1.12. The van der Waals surface area contributed by atoms with Gasteiger partial charge >= 0.3 is 11.9 Å². The zero-order valence-corrected chi connectivity index (χ0v) is 26.4. The van der Waals surface area contributed by atoms with Crippen molar-refractivity contribution in [3.8, 4) is 0 Å². The number of carbonyl (C=O) groups is 4. The first-order valence-corrected chi connectivity index (χ1v) is 16.2. The van der Waals surface area contributed by atoms with Gasteiger partial charge in [-0.3, -0.25) is 19.9 Å². The van der Waals surface area contributed by atoms with Crippen LogP contribution < -0.4 is 16.8 Å². The Morgan fingerprint density at radius 3 is 2.66 bits per heavy atom. The van der Waals surface area contributed by atoms with E-state index in [1.54, 1.807) is 0 Å². The number of thioether (sulfide) groups is 2. The van der Waals surface area contributed by atoms with E-state index >= 15 is 0 Å².